The number of para-hydroxylation sites is 1. The predicted octanol–water partition coefficient (Wildman–Crippen LogP) is 2.86. The van der Waals surface area contributed by atoms with E-state index in [1.165, 1.54) is 7.11 Å². The molecule has 0 aliphatic rings. The summed E-state index contributed by atoms with van der Waals surface area (Å²) in [5, 5.41) is 4.93. The lowest BCUT2D eigenvalue weighted by Crippen LogP contribution is -2.24. The molecular weight excluding hydrogens is 372 g/mol. The molecule has 2 aromatic heterocycles. The zero-order valence-electron chi connectivity index (χ0n) is 12.8. The minimum Gasteiger partial charge on any atom is -0.466 e. The van der Waals surface area contributed by atoms with Crippen molar-refractivity contribution in [3.63, 3.8) is 0 Å². The van der Waals surface area contributed by atoms with Gasteiger partial charge in [0.15, 0.2) is 0 Å². The number of hydrogen-bond acceptors (Lipinski definition) is 4. The summed E-state index contributed by atoms with van der Waals surface area (Å²) in [7, 11) is 1.51. The van der Waals surface area contributed by atoms with E-state index in [-0.39, 0.29) is 11.6 Å². The Balaban J connectivity index is 2.01. The van der Waals surface area contributed by atoms with Crippen LogP contribution in [0.5, 0.6) is 6.01 Å². The molecule has 0 N–H and O–H groups in total. The fraction of sp³-hybridized carbons (Fsp3) is 0.118. The van der Waals surface area contributed by atoms with Crippen LogP contribution in [0.2, 0.25) is 0 Å². The molecule has 2 aromatic carbocycles. The van der Waals surface area contributed by atoms with E-state index in [2.05, 4.69) is 26.0 Å². The Morgan fingerprint density at radius 2 is 1.88 bits per heavy atom. The molecule has 0 fully saturated rings. The fourth-order valence-corrected chi connectivity index (χ4v) is 2.96. The summed E-state index contributed by atoms with van der Waals surface area (Å²) in [6.45, 7) is 0.405. The fourth-order valence-electron chi connectivity index (χ4n) is 2.70. The smallest absolute Gasteiger partial charge is 0.337 e. The van der Waals surface area contributed by atoms with Gasteiger partial charge < -0.3 is 4.74 Å². The van der Waals surface area contributed by atoms with Gasteiger partial charge in [-0.25, -0.2) is 0 Å². The summed E-state index contributed by atoms with van der Waals surface area (Å²) in [4.78, 5) is 17.3. The van der Waals surface area contributed by atoms with Crippen molar-refractivity contribution in [1.82, 2.24) is 19.2 Å². The number of fused-ring (bicyclic) bond motifs is 3. The molecule has 0 saturated heterocycles. The van der Waals surface area contributed by atoms with E-state index in [1.807, 2.05) is 42.5 Å². The minimum absolute atomic E-state index is 0.101. The van der Waals surface area contributed by atoms with Crippen molar-refractivity contribution in [1.29, 1.82) is 0 Å². The van der Waals surface area contributed by atoms with Gasteiger partial charge in [-0.15, -0.1) is 5.10 Å². The number of hydrogen-bond donors (Lipinski definition) is 0. The third-order valence-corrected chi connectivity index (χ3v) is 4.39. The maximum Gasteiger partial charge on any atom is 0.337 e. The van der Waals surface area contributed by atoms with Crippen LogP contribution in [0.1, 0.15) is 5.56 Å². The van der Waals surface area contributed by atoms with Crippen LogP contribution < -0.4 is 10.3 Å². The van der Waals surface area contributed by atoms with Crippen molar-refractivity contribution < 1.29 is 4.74 Å². The molecule has 4 aromatic rings. The summed E-state index contributed by atoms with van der Waals surface area (Å²) in [5.74, 6) is 0.457. The molecule has 4 rings (SSSR count). The highest BCUT2D eigenvalue weighted by Crippen LogP contribution is 2.17. The first kappa shape index (κ1) is 14.9. The Morgan fingerprint density at radius 1 is 1.12 bits per heavy atom. The van der Waals surface area contributed by atoms with E-state index in [9.17, 15) is 4.79 Å². The van der Waals surface area contributed by atoms with Gasteiger partial charge in [-0.1, -0.05) is 40.2 Å². The highest BCUT2D eigenvalue weighted by atomic mass is 79.9. The molecule has 2 heterocycles. The molecule has 0 unspecified atom stereocenters. The topological polar surface area (TPSA) is 61.4 Å². The molecule has 0 amide bonds. The average molecular weight is 385 g/mol. The Bertz CT molecular complexity index is 1100. The molecule has 0 aliphatic carbocycles. The van der Waals surface area contributed by atoms with Gasteiger partial charge in [0.25, 0.3) is 5.56 Å². The maximum absolute atomic E-state index is 12.9. The van der Waals surface area contributed by atoms with Gasteiger partial charge in [-0.3, -0.25) is 9.36 Å². The number of aromatic nitrogens is 4. The van der Waals surface area contributed by atoms with E-state index in [4.69, 9.17) is 4.74 Å². The second-order valence-corrected chi connectivity index (χ2v) is 6.26. The zero-order chi connectivity index (χ0) is 16.7. The lowest BCUT2D eigenvalue weighted by atomic mass is 10.2. The molecule has 0 radical (unpaired) electrons. The minimum atomic E-state index is -0.101. The highest BCUT2D eigenvalue weighted by molar-refractivity contribution is 9.10. The number of methoxy groups -OCH3 is 1. The Morgan fingerprint density at radius 3 is 2.62 bits per heavy atom. The zero-order valence-corrected chi connectivity index (χ0v) is 14.4. The van der Waals surface area contributed by atoms with Crippen molar-refractivity contribution in [2.75, 3.05) is 7.11 Å². The number of benzene rings is 2. The third kappa shape index (κ3) is 2.37. The highest BCUT2D eigenvalue weighted by Gasteiger charge is 2.15. The lowest BCUT2D eigenvalue weighted by molar-refractivity contribution is 0.381. The van der Waals surface area contributed by atoms with Crippen molar-refractivity contribution in [3.8, 4) is 6.01 Å². The van der Waals surface area contributed by atoms with E-state index in [0.29, 0.717) is 23.2 Å². The monoisotopic (exact) mass is 384 g/mol. The normalized spacial score (nSPS) is 11.2. The number of nitrogens with zero attached hydrogens (tertiary/aromatic N) is 4. The summed E-state index contributed by atoms with van der Waals surface area (Å²) >= 11 is 3.42. The molecule has 0 aliphatic heterocycles. The molecular formula is C17H13BrN4O2. The summed E-state index contributed by atoms with van der Waals surface area (Å²) in [5.41, 5.74) is 1.61. The largest absolute Gasteiger partial charge is 0.466 e. The molecule has 120 valence electrons. The van der Waals surface area contributed by atoms with Crippen molar-refractivity contribution in [3.05, 3.63) is 68.9 Å². The van der Waals surface area contributed by atoms with Crippen molar-refractivity contribution in [2.24, 2.45) is 0 Å². The van der Waals surface area contributed by atoms with Crippen LogP contribution in [0.4, 0.5) is 0 Å². The van der Waals surface area contributed by atoms with Gasteiger partial charge in [0.2, 0.25) is 5.78 Å². The van der Waals surface area contributed by atoms with Crippen LogP contribution in [-0.2, 0) is 6.54 Å². The standard InChI is InChI=1S/C17H13BrN4O2/c1-24-16-19-17-21(10-11-6-8-12(18)9-7-11)15(23)13-4-2-3-5-14(13)22(17)20-16/h2-9H,10H2,1H3. The molecule has 0 saturated carbocycles. The number of rotatable bonds is 3. The van der Waals surface area contributed by atoms with Crippen LogP contribution in [-0.4, -0.2) is 26.3 Å². The first-order valence-corrected chi connectivity index (χ1v) is 8.13. The molecule has 7 heteroatoms. The molecule has 24 heavy (non-hydrogen) atoms. The second-order valence-electron chi connectivity index (χ2n) is 5.35. The van der Waals surface area contributed by atoms with Crippen LogP contribution >= 0.6 is 15.9 Å². The molecule has 0 atom stereocenters. The van der Waals surface area contributed by atoms with Crippen molar-refractivity contribution >= 4 is 32.6 Å². The Kier molecular flexibility index (Phi) is 3.57. The van der Waals surface area contributed by atoms with Crippen LogP contribution in [0.15, 0.2) is 57.8 Å². The van der Waals surface area contributed by atoms with Crippen LogP contribution in [0.3, 0.4) is 0 Å². The van der Waals surface area contributed by atoms with Gasteiger partial charge in [0.1, 0.15) is 0 Å². The summed E-state index contributed by atoms with van der Waals surface area (Å²) in [6, 6.07) is 15.4. The van der Waals surface area contributed by atoms with E-state index < -0.39 is 0 Å². The third-order valence-electron chi connectivity index (χ3n) is 3.86. The van der Waals surface area contributed by atoms with E-state index in [0.717, 1.165) is 10.0 Å². The molecule has 0 bridgehead atoms. The van der Waals surface area contributed by atoms with E-state index >= 15 is 0 Å². The summed E-state index contributed by atoms with van der Waals surface area (Å²) < 4.78 is 9.40. The molecule has 6 nitrogen and oxygen atoms in total. The number of ether oxygens (including phenoxy) is 1. The summed E-state index contributed by atoms with van der Waals surface area (Å²) in [6.07, 6.45) is 0. The Hall–Kier alpha value is -2.67. The van der Waals surface area contributed by atoms with Gasteiger partial charge in [-0.2, -0.15) is 9.50 Å². The first-order chi connectivity index (χ1) is 11.7. The second kappa shape index (κ2) is 5.76. The lowest BCUT2D eigenvalue weighted by Gasteiger charge is -2.09. The maximum atomic E-state index is 12.9. The van der Waals surface area contributed by atoms with Gasteiger partial charge in [0.05, 0.1) is 24.6 Å². The Labute approximate surface area is 145 Å². The van der Waals surface area contributed by atoms with Gasteiger partial charge >= 0.3 is 6.01 Å². The van der Waals surface area contributed by atoms with Gasteiger partial charge in [-0.05, 0) is 29.8 Å². The first-order valence-electron chi connectivity index (χ1n) is 7.34. The average Bonchev–Trinajstić information content (AvgIpc) is 3.05. The predicted molar refractivity (Wildman–Crippen MR) is 94.5 cm³/mol. The SMILES string of the molecule is COc1nc2n(Cc3ccc(Br)cc3)c(=O)c3ccccc3n2n1. The van der Waals surface area contributed by atoms with Crippen LogP contribution in [0.25, 0.3) is 16.7 Å². The van der Waals surface area contributed by atoms with Gasteiger partial charge in [0, 0.05) is 4.47 Å². The molecule has 0 spiro atoms. The van der Waals surface area contributed by atoms with Crippen LogP contribution in [0, 0.1) is 0 Å². The quantitative estimate of drug-likeness (QED) is 0.544. The van der Waals surface area contributed by atoms with E-state index in [1.54, 1.807) is 15.1 Å². The number of halogens is 1. The van der Waals surface area contributed by atoms with Crippen molar-refractivity contribution in [2.45, 2.75) is 6.54 Å².